The third-order valence-corrected chi connectivity index (χ3v) is 15.1. The van der Waals surface area contributed by atoms with Gasteiger partial charge in [-0.25, -0.2) is 0 Å². The number of rotatable bonds is 10. The summed E-state index contributed by atoms with van der Waals surface area (Å²) >= 11 is 0.569. The van der Waals surface area contributed by atoms with E-state index in [1.807, 2.05) is 0 Å². The average molecular weight is 612 g/mol. The molecule has 0 aromatic rings. The van der Waals surface area contributed by atoms with Crippen LogP contribution in [0.5, 0.6) is 0 Å². The molecule has 0 N–H and O–H groups in total. The van der Waals surface area contributed by atoms with E-state index < -0.39 is 0 Å². The zero-order valence-corrected chi connectivity index (χ0v) is 28.8. The molecule has 0 aromatic heterocycles. The Bertz CT molecular complexity index is 460. The van der Waals surface area contributed by atoms with E-state index in [-0.39, 0.29) is 15.8 Å². The van der Waals surface area contributed by atoms with E-state index in [1.54, 1.807) is 0 Å². The summed E-state index contributed by atoms with van der Waals surface area (Å²) in [5.74, 6) is 1.83. The van der Waals surface area contributed by atoms with Gasteiger partial charge in [0, 0.05) is 15.8 Å². The molecule has 0 spiro atoms. The van der Waals surface area contributed by atoms with Crippen molar-refractivity contribution < 1.29 is 12.7 Å². The molecule has 0 radical (unpaired) electrons. The van der Waals surface area contributed by atoms with Crippen LogP contribution in [0.15, 0.2) is 24.3 Å². The van der Waals surface area contributed by atoms with Crippen LogP contribution in [0.1, 0.15) is 120 Å². The molecule has 0 atom stereocenters. The van der Waals surface area contributed by atoms with Gasteiger partial charge in [-0.15, -0.1) is 0 Å². The van der Waals surface area contributed by atoms with Gasteiger partial charge in [-0.2, -0.15) is 0 Å². The van der Waals surface area contributed by atoms with Crippen LogP contribution in [-0.4, -0.2) is 35.0 Å². The summed E-state index contributed by atoms with van der Waals surface area (Å²) in [5, 5.41) is 0. The van der Waals surface area contributed by atoms with Gasteiger partial charge in [-0.3, -0.25) is 0 Å². The van der Waals surface area contributed by atoms with Gasteiger partial charge in [0.25, 0.3) is 0 Å². The van der Waals surface area contributed by atoms with Crippen molar-refractivity contribution in [1.82, 2.24) is 0 Å². The molecule has 0 aliphatic heterocycles. The summed E-state index contributed by atoms with van der Waals surface area (Å²) in [7, 11) is 9.07. The molecule has 2 saturated carbocycles. The first-order valence-electron chi connectivity index (χ1n) is 14.5. The summed E-state index contributed by atoms with van der Waals surface area (Å²) in [6, 6.07) is 0. The molecular weight excluding hydrogens is 552 g/mol. The minimum absolute atomic E-state index is 0.166. The first kappa shape index (κ1) is 36.4. The van der Waals surface area contributed by atoms with Crippen molar-refractivity contribution in [3.05, 3.63) is 24.3 Å². The molecule has 0 unspecified atom stereocenters. The van der Waals surface area contributed by atoms with Crippen molar-refractivity contribution in [2.45, 2.75) is 142 Å². The predicted octanol–water partition coefficient (Wildman–Crippen LogP) is 11.7. The maximum absolute atomic E-state index is 4.70. The minimum atomic E-state index is -0.166. The normalized spacial score (nSPS) is 18.4. The van der Waals surface area contributed by atoms with E-state index in [4.69, 9.17) is 20.4 Å². The van der Waals surface area contributed by atoms with Crippen LogP contribution >= 0.6 is 36.2 Å². The van der Waals surface area contributed by atoms with Crippen LogP contribution in [0.2, 0.25) is 0 Å². The van der Waals surface area contributed by atoms with Crippen molar-refractivity contribution >= 4 is 36.2 Å². The molecule has 5 heteroatoms. The molecule has 0 amide bonds. The number of allylic oxidation sites excluding steroid dienone is 4. The number of hydrogen-bond acceptors (Lipinski definition) is 0. The molecule has 2 rings (SSSR count). The first-order valence-corrected chi connectivity index (χ1v) is 20.9. The van der Waals surface area contributed by atoms with Gasteiger partial charge >= 0.3 is 33.0 Å². The van der Waals surface area contributed by atoms with Gasteiger partial charge in [0.2, 0.25) is 0 Å². The van der Waals surface area contributed by atoms with Crippen molar-refractivity contribution in [3.63, 3.8) is 0 Å². The molecule has 0 aromatic carbocycles. The van der Waals surface area contributed by atoms with Gasteiger partial charge in [0.15, 0.2) is 0 Å². The number of hydrogen-bond donors (Lipinski definition) is 0. The topological polar surface area (TPSA) is 0 Å². The quantitative estimate of drug-likeness (QED) is 0.131. The summed E-state index contributed by atoms with van der Waals surface area (Å²) in [4.78, 5) is 0. The molecule has 2 fully saturated rings. The fourth-order valence-corrected chi connectivity index (χ4v) is 11.1. The Morgan fingerprint density at radius 3 is 1.06 bits per heavy atom. The predicted molar refractivity (Wildman–Crippen MR) is 170 cm³/mol. The Morgan fingerprint density at radius 1 is 0.571 bits per heavy atom. The Hall–Kier alpha value is 1.41. The SMILES string of the molecule is CC(C)[PH+](CC=CC1CCCCC1)C(C)C.CC(C)[PH+](CC=CC1CCCCC1)C(C)C.[Cl][Ni][Cl]. The van der Waals surface area contributed by atoms with Gasteiger partial charge in [-0.1, -0.05) is 62.8 Å². The Labute approximate surface area is 238 Å². The third kappa shape index (κ3) is 19.2. The molecule has 212 valence electrons. The van der Waals surface area contributed by atoms with Gasteiger partial charge in [0.05, 0.1) is 35.0 Å². The molecule has 0 saturated heterocycles. The Kier molecular flexibility index (Phi) is 24.3. The van der Waals surface area contributed by atoms with E-state index in [0.717, 1.165) is 34.5 Å². The first-order chi connectivity index (χ1) is 16.6. The van der Waals surface area contributed by atoms with Gasteiger partial charge in [-0.05, 0) is 92.9 Å². The summed E-state index contributed by atoms with van der Waals surface area (Å²) in [6.45, 7) is 19.2. The second kappa shape index (κ2) is 23.3. The molecule has 0 bridgehead atoms. The van der Waals surface area contributed by atoms with Crippen LogP contribution < -0.4 is 0 Å². The average Bonchev–Trinajstić information content (AvgIpc) is 2.81. The van der Waals surface area contributed by atoms with Crippen molar-refractivity contribution in [1.29, 1.82) is 0 Å². The molecule has 2 aliphatic rings. The fraction of sp³-hybridized carbons (Fsp3) is 0.867. The Balaban J connectivity index is 0.000000594. The van der Waals surface area contributed by atoms with Crippen LogP contribution in [0, 0.1) is 11.8 Å². The van der Waals surface area contributed by atoms with Crippen LogP contribution in [0.3, 0.4) is 0 Å². The van der Waals surface area contributed by atoms with Crippen molar-refractivity contribution in [3.8, 4) is 0 Å². The summed E-state index contributed by atoms with van der Waals surface area (Å²) in [5.41, 5.74) is 3.67. The molecular formula is C30H60Cl2NiP2+2. The second-order valence-corrected chi connectivity index (χ2v) is 21.2. The standard InChI is InChI=1S/2C15H29P.2ClH.Ni/c2*1-13(2)16(14(3)4)12-8-11-15-9-6-5-7-10-15;;;/h2*8,11,13-15H,5-7,9-10,12H2,1-4H3;2*1H;/q;;;;+2. The third-order valence-electron chi connectivity index (χ3n) is 7.79. The van der Waals surface area contributed by atoms with Gasteiger partial charge < -0.3 is 0 Å². The zero-order valence-electron chi connectivity index (χ0n) is 24.3. The summed E-state index contributed by atoms with van der Waals surface area (Å²) in [6.07, 6.45) is 27.4. The zero-order chi connectivity index (χ0) is 26.6. The van der Waals surface area contributed by atoms with Crippen LogP contribution in [0.25, 0.3) is 0 Å². The van der Waals surface area contributed by atoms with Crippen LogP contribution in [-0.2, 0) is 12.7 Å². The summed E-state index contributed by atoms with van der Waals surface area (Å²) < 4.78 is 0. The van der Waals surface area contributed by atoms with E-state index in [0.29, 0.717) is 12.7 Å². The second-order valence-electron chi connectivity index (χ2n) is 11.9. The van der Waals surface area contributed by atoms with E-state index >= 15 is 0 Å². The van der Waals surface area contributed by atoms with E-state index in [1.165, 1.54) is 76.5 Å². The van der Waals surface area contributed by atoms with E-state index in [2.05, 4.69) is 79.7 Å². The Morgan fingerprint density at radius 2 is 0.829 bits per heavy atom. The van der Waals surface area contributed by atoms with Crippen molar-refractivity contribution in [2.24, 2.45) is 11.8 Å². The number of halogens is 2. The molecule has 0 heterocycles. The molecule has 0 nitrogen and oxygen atoms in total. The van der Waals surface area contributed by atoms with Crippen molar-refractivity contribution in [2.75, 3.05) is 12.3 Å². The van der Waals surface area contributed by atoms with E-state index in [9.17, 15) is 0 Å². The molecule has 2 aliphatic carbocycles. The van der Waals surface area contributed by atoms with Gasteiger partial charge in [0.1, 0.15) is 0 Å². The fourth-order valence-electron chi connectivity index (χ4n) is 5.72. The molecule has 35 heavy (non-hydrogen) atoms. The monoisotopic (exact) mass is 610 g/mol. The van der Waals surface area contributed by atoms with Crippen LogP contribution in [0.4, 0.5) is 0 Å². The maximum atomic E-state index is 4.70.